The summed E-state index contributed by atoms with van der Waals surface area (Å²) in [6.07, 6.45) is 0.894. The van der Waals surface area contributed by atoms with Crippen LogP contribution < -0.4 is 0 Å². The van der Waals surface area contributed by atoms with Crippen molar-refractivity contribution < 1.29 is 25.9 Å². The predicted octanol–water partition coefficient (Wildman–Crippen LogP) is 0.726. The first kappa shape index (κ1) is 16.7. The Morgan fingerprint density at radius 1 is 1.09 bits per heavy atom. The van der Waals surface area contributed by atoms with Gasteiger partial charge in [0.1, 0.15) is 11.9 Å². The second-order valence-corrected chi connectivity index (χ2v) is 7.69. The van der Waals surface area contributed by atoms with Gasteiger partial charge in [-0.1, -0.05) is 13.0 Å². The van der Waals surface area contributed by atoms with E-state index in [1.54, 1.807) is 6.07 Å². The van der Waals surface area contributed by atoms with E-state index in [2.05, 4.69) is 0 Å². The third-order valence-electron chi connectivity index (χ3n) is 6.72. The van der Waals surface area contributed by atoms with Crippen LogP contribution in [0.1, 0.15) is 43.2 Å². The highest BCUT2D eigenvalue weighted by atomic mass is 16.4. The third kappa shape index (κ3) is 2.14. The van der Waals surface area contributed by atoms with Gasteiger partial charge in [0, 0.05) is 5.41 Å². The molecule has 7 atom stereocenters. The summed E-state index contributed by atoms with van der Waals surface area (Å²) in [6.45, 7) is 2.02. The zero-order valence-corrected chi connectivity index (χ0v) is 13.3. The molecule has 0 aromatic heterocycles. The van der Waals surface area contributed by atoms with Gasteiger partial charge in [0.05, 0.1) is 12.2 Å². The second kappa shape index (κ2) is 5.45. The summed E-state index contributed by atoms with van der Waals surface area (Å²) in [7, 11) is 0. The zero-order chi connectivity index (χ0) is 15.6. The molecule has 0 unspecified atom stereocenters. The number of aromatic hydroxyl groups is 1. The summed E-state index contributed by atoms with van der Waals surface area (Å²) < 4.78 is 0. The van der Waals surface area contributed by atoms with Gasteiger partial charge in [-0.3, -0.25) is 0 Å². The quantitative estimate of drug-likeness (QED) is 0.564. The smallest absolute Gasteiger partial charge is 0.115 e. The lowest BCUT2D eigenvalue weighted by Gasteiger charge is -2.50. The van der Waals surface area contributed by atoms with Crippen molar-refractivity contribution in [1.82, 2.24) is 0 Å². The van der Waals surface area contributed by atoms with Crippen molar-refractivity contribution in [3.05, 3.63) is 29.3 Å². The number of aliphatic hydroxyl groups excluding tert-OH is 3. The molecule has 5 heteroatoms. The average molecular weight is 322 g/mol. The van der Waals surface area contributed by atoms with Gasteiger partial charge >= 0.3 is 0 Å². The summed E-state index contributed by atoms with van der Waals surface area (Å²) >= 11 is 0. The maximum atomic E-state index is 10.5. The lowest BCUT2D eigenvalue weighted by Crippen LogP contribution is -2.46. The van der Waals surface area contributed by atoms with Gasteiger partial charge in [-0.25, -0.2) is 0 Å². The number of rotatable bonds is 0. The minimum absolute atomic E-state index is 0. The number of aliphatic hydroxyl groups is 3. The molecular weight excluding hydrogens is 296 g/mol. The van der Waals surface area contributed by atoms with Crippen molar-refractivity contribution in [1.29, 1.82) is 0 Å². The minimum Gasteiger partial charge on any atom is -0.508 e. The Kier molecular flexibility index (Phi) is 3.96. The van der Waals surface area contributed by atoms with Gasteiger partial charge in [0.15, 0.2) is 0 Å². The van der Waals surface area contributed by atoms with Crippen molar-refractivity contribution in [3.8, 4) is 5.75 Å². The van der Waals surface area contributed by atoms with Crippen LogP contribution in [-0.2, 0) is 6.42 Å². The number of aryl methyl sites for hydroxylation is 1. The van der Waals surface area contributed by atoms with Gasteiger partial charge in [0.2, 0.25) is 0 Å². The summed E-state index contributed by atoms with van der Waals surface area (Å²) in [6, 6.07) is 5.61. The Balaban J connectivity index is 0.00000156. The van der Waals surface area contributed by atoms with Crippen molar-refractivity contribution >= 4 is 0 Å². The van der Waals surface area contributed by atoms with E-state index >= 15 is 0 Å². The molecule has 1 aromatic carbocycles. The maximum absolute atomic E-state index is 10.5. The Bertz CT molecular complexity index is 603. The molecule has 2 fully saturated rings. The zero-order valence-electron chi connectivity index (χ0n) is 13.3. The van der Waals surface area contributed by atoms with Crippen LogP contribution in [0.15, 0.2) is 18.2 Å². The van der Waals surface area contributed by atoms with Crippen LogP contribution in [-0.4, -0.2) is 44.2 Å². The molecule has 0 spiro atoms. The minimum atomic E-state index is -1.03. The average Bonchev–Trinajstić information content (AvgIpc) is 2.68. The molecule has 0 heterocycles. The molecular formula is C18H26O5. The molecule has 3 aliphatic rings. The second-order valence-electron chi connectivity index (χ2n) is 7.69. The largest absolute Gasteiger partial charge is 0.508 e. The highest BCUT2D eigenvalue weighted by Crippen LogP contribution is 2.60. The molecule has 3 aliphatic carbocycles. The van der Waals surface area contributed by atoms with Gasteiger partial charge in [-0.2, -0.15) is 0 Å². The van der Waals surface area contributed by atoms with Crippen molar-refractivity contribution in [3.63, 3.8) is 0 Å². The van der Waals surface area contributed by atoms with Crippen LogP contribution in [0.3, 0.4) is 0 Å². The molecule has 4 rings (SSSR count). The summed E-state index contributed by atoms with van der Waals surface area (Å²) in [5.41, 5.74) is 2.09. The number of hydrogen-bond acceptors (Lipinski definition) is 4. The van der Waals surface area contributed by atoms with Gasteiger partial charge < -0.3 is 25.9 Å². The van der Waals surface area contributed by atoms with E-state index in [1.807, 2.05) is 19.1 Å². The number of fused-ring (bicyclic) bond motifs is 5. The third-order valence-corrected chi connectivity index (χ3v) is 6.72. The fourth-order valence-corrected chi connectivity index (χ4v) is 5.62. The van der Waals surface area contributed by atoms with Crippen LogP contribution in [0.4, 0.5) is 0 Å². The maximum Gasteiger partial charge on any atom is 0.115 e. The number of phenols is 1. The van der Waals surface area contributed by atoms with Gasteiger partial charge in [-0.05, 0) is 66.7 Å². The first-order chi connectivity index (χ1) is 10.4. The summed E-state index contributed by atoms with van der Waals surface area (Å²) in [4.78, 5) is 0. The fourth-order valence-electron chi connectivity index (χ4n) is 5.62. The molecule has 0 radical (unpaired) electrons. The molecule has 6 N–H and O–H groups in total. The van der Waals surface area contributed by atoms with Crippen molar-refractivity contribution in [2.24, 2.45) is 17.3 Å². The highest BCUT2D eigenvalue weighted by Gasteiger charge is 2.62. The molecule has 0 aliphatic heterocycles. The molecule has 5 nitrogen and oxygen atoms in total. The Labute approximate surface area is 135 Å². The summed E-state index contributed by atoms with van der Waals surface area (Å²) in [5.74, 6) is 0.898. The Morgan fingerprint density at radius 3 is 2.57 bits per heavy atom. The van der Waals surface area contributed by atoms with Crippen LogP contribution in [0.5, 0.6) is 5.75 Å². The molecule has 128 valence electrons. The van der Waals surface area contributed by atoms with Crippen LogP contribution in [0.2, 0.25) is 0 Å². The van der Waals surface area contributed by atoms with E-state index in [-0.39, 0.29) is 17.3 Å². The van der Waals surface area contributed by atoms with Crippen LogP contribution in [0, 0.1) is 17.3 Å². The van der Waals surface area contributed by atoms with Gasteiger partial charge in [-0.15, -0.1) is 0 Å². The number of benzene rings is 1. The van der Waals surface area contributed by atoms with E-state index in [1.165, 1.54) is 11.1 Å². The number of phenolic OH excluding ortho intramolecular Hbond substituents is 1. The topological polar surface area (TPSA) is 112 Å². The fraction of sp³-hybridized carbons (Fsp3) is 0.667. The van der Waals surface area contributed by atoms with E-state index in [4.69, 9.17) is 0 Å². The lowest BCUT2D eigenvalue weighted by atomic mass is 9.55. The van der Waals surface area contributed by atoms with Crippen molar-refractivity contribution in [2.75, 3.05) is 0 Å². The molecule has 0 amide bonds. The normalized spacial score (nSPS) is 44.7. The highest BCUT2D eigenvalue weighted by molar-refractivity contribution is 5.40. The van der Waals surface area contributed by atoms with E-state index in [0.29, 0.717) is 11.7 Å². The van der Waals surface area contributed by atoms with E-state index in [0.717, 1.165) is 25.7 Å². The van der Waals surface area contributed by atoms with E-state index < -0.39 is 23.7 Å². The predicted molar refractivity (Wildman–Crippen MR) is 85.1 cm³/mol. The first-order valence-electron chi connectivity index (χ1n) is 8.29. The van der Waals surface area contributed by atoms with E-state index in [9.17, 15) is 20.4 Å². The monoisotopic (exact) mass is 322 g/mol. The molecule has 1 aromatic rings. The summed E-state index contributed by atoms with van der Waals surface area (Å²) in [5, 5.41) is 40.7. The molecule has 2 saturated carbocycles. The standard InChI is InChI=1S/C18H24O4.H2O/c1-18-7-6-12-11-5-3-10(19)8-9(11)2-4-13(12)14(18)15(20)16(21)17(18)22;/h3,5,8,12-17,19-22H,2,4,6-7H2,1H3;1H2/t12-,13-,14-,15-,16-,17+,18+;/m1./s1. The van der Waals surface area contributed by atoms with Crippen molar-refractivity contribution in [2.45, 2.75) is 56.8 Å². The molecule has 0 bridgehead atoms. The molecule has 0 saturated heterocycles. The number of hydrogen-bond donors (Lipinski definition) is 4. The van der Waals surface area contributed by atoms with Crippen LogP contribution in [0.25, 0.3) is 0 Å². The lowest BCUT2D eigenvalue weighted by molar-refractivity contribution is -0.0505. The Hall–Kier alpha value is -1.14. The molecule has 23 heavy (non-hydrogen) atoms. The van der Waals surface area contributed by atoms with Gasteiger partial charge in [0.25, 0.3) is 0 Å². The SMILES string of the molecule is C[C@]12CC[C@@H]3c4ccc(O)cc4CC[C@H]3[C@@H]1[C@@H](O)[C@@H](O)[C@@H]2O.O. The first-order valence-corrected chi connectivity index (χ1v) is 8.29. The Morgan fingerprint density at radius 2 is 1.83 bits per heavy atom. The van der Waals surface area contributed by atoms with Crippen LogP contribution >= 0.6 is 0 Å².